The zero-order chi connectivity index (χ0) is 19.2. The first kappa shape index (κ1) is 18.4. The second kappa shape index (κ2) is 6.91. The van der Waals surface area contributed by atoms with Gasteiger partial charge in [-0.3, -0.25) is 4.90 Å². The predicted molar refractivity (Wildman–Crippen MR) is 106 cm³/mol. The lowest BCUT2D eigenvalue weighted by molar-refractivity contribution is 0.148. The lowest BCUT2D eigenvalue weighted by atomic mass is 10.1. The monoisotopic (exact) mass is 388 g/mol. The Balaban J connectivity index is 1.57. The number of fused-ring (bicyclic) bond motifs is 3. The van der Waals surface area contributed by atoms with E-state index in [1.54, 1.807) is 0 Å². The number of benzene rings is 2. The Kier molecular flexibility index (Phi) is 4.71. The average Bonchev–Trinajstić information content (AvgIpc) is 3.16. The fourth-order valence-electron chi connectivity index (χ4n) is 3.82. The van der Waals surface area contributed by atoms with E-state index in [1.165, 1.54) is 18.4 Å². The molecule has 0 spiro atoms. The lowest BCUT2D eigenvalue weighted by Gasteiger charge is -2.18. The summed E-state index contributed by atoms with van der Waals surface area (Å²) in [7, 11) is -0.286. The minimum Gasteiger partial charge on any atom is -0.456 e. The number of furan rings is 1. The smallest absolute Gasteiger partial charge is 0.214 e. The van der Waals surface area contributed by atoms with Crippen LogP contribution in [0.15, 0.2) is 46.9 Å². The van der Waals surface area contributed by atoms with E-state index in [-0.39, 0.29) is 11.7 Å². The van der Waals surface area contributed by atoms with Gasteiger partial charge in [-0.1, -0.05) is 36.4 Å². The molecule has 1 N–H and O–H groups in total. The van der Waals surface area contributed by atoms with Crippen LogP contribution in [0.4, 0.5) is 0 Å². The average molecular weight is 388 g/mol. The van der Waals surface area contributed by atoms with Crippen molar-refractivity contribution in [2.75, 3.05) is 32.9 Å². The molecule has 0 saturated carbocycles. The summed E-state index contributed by atoms with van der Waals surface area (Å²) in [5.41, 5.74) is 2.76. The highest BCUT2D eigenvalue weighted by Gasteiger charge is 2.35. The summed E-state index contributed by atoms with van der Waals surface area (Å²) in [6.07, 6.45) is -0.644. The molecular formula is C20H24N2O4S. The molecule has 1 aliphatic heterocycles. The third kappa shape index (κ3) is 3.48. The largest absolute Gasteiger partial charge is 0.456 e. The summed E-state index contributed by atoms with van der Waals surface area (Å²) < 4.78 is 31.6. The van der Waals surface area contributed by atoms with Crippen LogP contribution in [0.25, 0.3) is 21.9 Å². The van der Waals surface area contributed by atoms with Crippen LogP contribution < -0.4 is 0 Å². The van der Waals surface area contributed by atoms with E-state index in [4.69, 9.17) is 4.42 Å². The molecule has 7 heteroatoms. The van der Waals surface area contributed by atoms with Gasteiger partial charge in [0.2, 0.25) is 10.0 Å². The molecule has 2 heterocycles. The normalized spacial score (nSPS) is 21.6. The molecule has 1 aliphatic rings. The van der Waals surface area contributed by atoms with Gasteiger partial charge < -0.3 is 9.52 Å². The maximum atomic E-state index is 12.2. The summed E-state index contributed by atoms with van der Waals surface area (Å²) in [5, 5.41) is 12.5. The molecule has 1 saturated heterocycles. The van der Waals surface area contributed by atoms with Crippen LogP contribution in [0.3, 0.4) is 0 Å². The maximum Gasteiger partial charge on any atom is 0.214 e. The van der Waals surface area contributed by atoms with Crippen LogP contribution in [0.5, 0.6) is 0 Å². The van der Waals surface area contributed by atoms with E-state index < -0.39 is 16.1 Å². The van der Waals surface area contributed by atoms with E-state index >= 15 is 0 Å². The number of aliphatic hydroxyl groups is 1. The number of nitrogens with zero attached hydrogens (tertiary/aromatic N) is 2. The zero-order valence-electron chi connectivity index (χ0n) is 15.5. The summed E-state index contributed by atoms with van der Waals surface area (Å²) in [5.74, 6) is -0.320. The molecule has 1 fully saturated rings. The fraction of sp³-hybridized carbons (Fsp3) is 0.400. The van der Waals surface area contributed by atoms with Crippen LogP contribution >= 0.6 is 0 Å². The standard InChI is InChI=1S/C20H24N2O4S/c1-21(2)27(24,25)13-15-11-22(12-18(15)23)10-14-6-5-8-17-16-7-3-4-9-19(16)26-20(14)17/h3-9,15,18,23H,10-13H2,1-2H3/t15-,18+/m0/s1. The lowest BCUT2D eigenvalue weighted by Crippen LogP contribution is -2.33. The Morgan fingerprint density at radius 2 is 1.85 bits per heavy atom. The molecule has 1 aromatic heterocycles. The minimum absolute atomic E-state index is 0.0352. The van der Waals surface area contributed by atoms with Crippen molar-refractivity contribution in [3.05, 3.63) is 48.0 Å². The number of likely N-dealkylation sites (tertiary alicyclic amines) is 1. The molecule has 0 aliphatic carbocycles. The second-order valence-electron chi connectivity index (χ2n) is 7.47. The molecule has 4 rings (SSSR count). The quantitative estimate of drug-likeness (QED) is 0.726. The first-order valence-corrected chi connectivity index (χ1v) is 10.7. The topological polar surface area (TPSA) is 74.0 Å². The van der Waals surface area contributed by atoms with Gasteiger partial charge in [0.1, 0.15) is 11.2 Å². The van der Waals surface area contributed by atoms with Crippen LogP contribution in [0.2, 0.25) is 0 Å². The van der Waals surface area contributed by atoms with Gasteiger partial charge in [0, 0.05) is 56.0 Å². The Morgan fingerprint density at radius 3 is 2.63 bits per heavy atom. The van der Waals surface area contributed by atoms with Gasteiger partial charge in [-0.15, -0.1) is 0 Å². The van der Waals surface area contributed by atoms with Crippen LogP contribution in [-0.4, -0.2) is 61.8 Å². The molecule has 0 bridgehead atoms. The van der Waals surface area contributed by atoms with Crippen molar-refractivity contribution < 1.29 is 17.9 Å². The summed E-state index contributed by atoms with van der Waals surface area (Å²) in [4.78, 5) is 2.10. The van der Waals surface area contributed by atoms with E-state index in [1.807, 2.05) is 36.4 Å². The molecule has 3 aromatic rings. The van der Waals surface area contributed by atoms with E-state index in [9.17, 15) is 13.5 Å². The van der Waals surface area contributed by atoms with Gasteiger partial charge in [-0.05, 0) is 6.07 Å². The van der Waals surface area contributed by atoms with Crippen LogP contribution in [0, 0.1) is 5.92 Å². The Morgan fingerprint density at radius 1 is 1.11 bits per heavy atom. The molecule has 2 atom stereocenters. The highest BCUT2D eigenvalue weighted by atomic mass is 32.2. The van der Waals surface area contributed by atoms with Crippen molar-refractivity contribution in [1.82, 2.24) is 9.21 Å². The first-order chi connectivity index (χ1) is 12.8. The van der Waals surface area contributed by atoms with Crippen LogP contribution in [-0.2, 0) is 16.6 Å². The minimum atomic E-state index is -3.33. The number of hydrogen-bond donors (Lipinski definition) is 1. The molecule has 6 nitrogen and oxygen atoms in total. The van der Waals surface area contributed by atoms with Crippen molar-refractivity contribution in [3.63, 3.8) is 0 Å². The molecule has 2 aromatic carbocycles. The first-order valence-electron chi connectivity index (χ1n) is 9.05. The molecule has 0 amide bonds. The maximum absolute atomic E-state index is 12.2. The van der Waals surface area contributed by atoms with E-state index in [0.717, 1.165) is 27.5 Å². The second-order valence-corrected chi connectivity index (χ2v) is 9.70. The number of rotatable bonds is 5. The number of β-amino-alcohol motifs (C(OH)–C–C–N with tert-alkyl or cyclic N) is 1. The number of para-hydroxylation sites is 2. The predicted octanol–water partition coefficient (Wildman–Crippen LogP) is 2.27. The van der Waals surface area contributed by atoms with Crippen LogP contribution in [0.1, 0.15) is 5.56 Å². The number of sulfonamides is 1. The Bertz CT molecular complexity index is 1070. The summed E-state index contributed by atoms with van der Waals surface area (Å²) in [6, 6.07) is 14.1. The molecular weight excluding hydrogens is 364 g/mol. The Labute approximate surface area is 159 Å². The zero-order valence-corrected chi connectivity index (χ0v) is 16.3. The van der Waals surface area contributed by atoms with E-state index in [2.05, 4.69) is 11.0 Å². The van der Waals surface area contributed by atoms with Gasteiger partial charge in [-0.2, -0.15) is 0 Å². The number of hydrogen-bond acceptors (Lipinski definition) is 5. The van der Waals surface area contributed by atoms with Gasteiger partial charge in [0.05, 0.1) is 11.9 Å². The summed E-state index contributed by atoms with van der Waals surface area (Å²) >= 11 is 0. The third-order valence-corrected chi connectivity index (χ3v) is 7.31. The third-order valence-electron chi connectivity index (χ3n) is 5.34. The highest BCUT2D eigenvalue weighted by molar-refractivity contribution is 7.89. The molecule has 0 unspecified atom stereocenters. The highest BCUT2D eigenvalue weighted by Crippen LogP contribution is 2.32. The van der Waals surface area contributed by atoms with Gasteiger partial charge >= 0.3 is 0 Å². The Hall–Kier alpha value is -1.93. The SMILES string of the molecule is CN(C)S(=O)(=O)C[C@@H]1CN(Cc2cccc3c2oc2ccccc23)C[C@H]1O. The van der Waals surface area contributed by atoms with Crippen molar-refractivity contribution in [1.29, 1.82) is 0 Å². The van der Waals surface area contributed by atoms with E-state index in [0.29, 0.717) is 19.6 Å². The van der Waals surface area contributed by atoms with Crippen molar-refractivity contribution in [3.8, 4) is 0 Å². The van der Waals surface area contributed by atoms with Crippen molar-refractivity contribution in [2.24, 2.45) is 5.92 Å². The van der Waals surface area contributed by atoms with Gasteiger partial charge in [0.15, 0.2) is 0 Å². The van der Waals surface area contributed by atoms with Gasteiger partial charge in [0.25, 0.3) is 0 Å². The van der Waals surface area contributed by atoms with Gasteiger partial charge in [-0.25, -0.2) is 12.7 Å². The molecule has 0 radical (unpaired) electrons. The summed E-state index contributed by atoms with van der Waals surface area (Å²) in [6.45, 7) is 1.63. The number of aliphatic hydroxyl groups excluding tert-OH is 1. The van der Waals surface area contributed by atoms with Crippen molar-refractivity contribution >= 4 is 32.0 Å². The molecule has 144 valence electrons. The molecule has 27 heavy (non-hydrogen) atoms. The van der Waals surface area contributed by atoms with Crippen molar-refractivity contribution in [2.45, 2.75) is 12.6 Å². The fourth-order valence-corrected chi connectivity index (χ4v) is 4.99.